The third-order valence-corrected chi connectivity index (χ3v) is 7.48. The van der Waals surface area contributed by atoms with Crippen LogP contribution in [0.1, 0.15) is 19.3 Å². The quantitative estimate of drug-likeness (QED) is 0.0943. The highest BCUT2D eigenvalue weighted by molar-refractivity contribution is 6.08. The second-order valence-corrected chi connectivity index (χ2v) is 10.4. The van der Waals surface area contributed by atoms with E-state index in [1.807, 2.05) is 72.8 Å². The summed E-state index contributed by atoms with van der Waals surface area (Å²) in [4.78, 5) is 34.3. The normalized spacial score (nSPS) is 10.9. The van der Waals surface area contributed by atoms with Crippen molar-refractivity contribution in [2.75, 3.05) is 36.8 Å². The molecule has 0 atom stereocenters. The fourth-order valence-electron chi connectivity index (χ4n) is 5.43. The maximum absolute atomic E-state index is 12.4. The number of anilines is 2. The van der Waals surface area contributed by atoms with Crippen molar-refractivity contribution in [3.63, 3.8) is 0 Å². The molecule has 0 saturated heterocycles. The first-order valence-corrected chi connectivity index (χ1v) is 14.7. The van der Waals surface area contributed by atoms with Gasteiger partial charge in [-0.15, -0.1) is 12.4 Å². The second kappa shape index (κ2) is 14.5. The molecule has 0 aliphatic heterocycles. The molecule has 6 aromatic rings. The predicted octanol–water partition coefficient (Wildman–Crippen LogP) is 6.44. The average molecular weight is 607 g/mol. The molecule has 0 aliphatic carbocycles. The van der Waals surface area contributed by atoms with Crippen LogP contribution < -0.4 is 21.3 Å². The van der Waals surface area contributed by atoms with E-state index in [2.05, 4.69) is 45.5 Å². The molecule has 0 radical (unpaired) electrons. The fraction of sp³-hybridized carbons (Fsp3) is 0.200. The van der Waals surface area contributed by atoms with Gasteiger partial charge < -0.3 is 21.3 Å². The largest absolute Gasteiger partial charge is 0.382 e. The van der Waals surface area contributed by atoms with Gasteiger partial charge in [0.15, 0.2) is 0 Å². The van der Waals surface area contributed by atoms with Gasteiger partial charge in [-0.3, -0.25) is 9.59 Å². The second-order valence-electron chi connectivity index (χ2n) is 10.4. The molecule has 0 aliphatic rings. The Morgan fingerprint density at radius 1 is 0.477 bits per heavy atom. The Morgan fingerprint density at radius 3 is 1.14 bits per heavy atom. The molecule has 4 N–H and O–H groups in total. The van der Waals surface area contributed by atoms with Gasteiger partial charge >= 0.3 is 0 Å². The monoisotopic (exact) mass is 606 g/mol. The summed E-state index contributed by atoms with van der Waals surface area (Å²) in [7, 11) is 0. The molecule has 4 aromatic carbocycles. The molecule has 2 amide bonds. The van der Waals surface area contributed by atoms with E-state index in [1.165, 1.54) is 0 Å². The van der Waals surface area contributed by atoms with E-state index in [0.29, 0.717) is 45.4 Å². The molecule has 0 fully saturated rings. The molecule has 2 aromatic heterocycles. The number of amides is 2. The number of carbonyl (C=O) groups excluding carboxylic acids is 2. The maximum atomic E-state index is 12.4. The number of nitrogens with zero attached hydrogens (tertiary/aromatic N) is 2. The van der Waals surface area contributed by atoms with Crippen molar-refractivity contribution in [1.82, 2.24) is 20.6 Å². The number of pyridine rings is 2. The summed E-state index contributed by atoms with van der Waals surface area (Å²) >= 11 is 0. The molecule has 0 spiro atoms. The van der Waals surface area contributed by atoms with E-state index < -0.39 is 0 Å². The number of aromatic nitrogens is 2. The Kier molecular flexibility index (Phi) is 10.0. The lowest BCUT2D eigenvalue weighted by Crippen LogP contribution is -2.30. The Labute approximate surface area is 262 Å². The van der Waals surface area contributed by atoms with Crippen LogP contribution in [0.25, 0.3) is 43.6 Å². The lowest BCUT2D eigenvalue weighted by Gasteiger charge is -2.14. The molecule has 2 heterocycles. The van der Waals surface area contributed by atoms with Crippen molar-refractivity contribution < 1.29 is 9.59 Å². The predicted molar refractivity (Wildman–Crippen MR) is 183 cm³/mol. The standard InChI is InChI=1S/C35H34N6O2.ClH/c42-32(36-20-22-38-34-24-10-1-5-14-28(24)40-29-15-6-2-11-25(29)34)18-9-19-33(43)37-21-23-39-35-26-12-3-7-16-30(26)41-31-17-8-4-13-27(31)35;/h1-8,10-17H,9,18-23H2,(H,36,42)(H,37,43)(H,38,40)(H,39,41);1H. The number of rotatable bonds is 12. The zero-order valence-corrected chi connectivity index (χ0v) is 25.1. The summed E-state index contributed by atoms with van der Waals surface area (Å²) in [6.45, 7) is 2.14. The Balaban J connectivity index is 0.00000384. The Bertz CT molecular complexity index is 1680. The van der Waals surface area contributed by atoms with Crippen molar-refractivity contribution >= 4 is 79.2 Å². The molecule has 224 valence electrons. The van der Waals surface area contributed by atoms with Gasteiger partial charge in [0.05, 0.1) is 33.4 Å². The molecule has 6 rings (SSSR count). The van der Waals surface area contributed by atoms with Crippen molar-refractivity contribution in [2.45, 2.75) is 19.3 Å². The van der Waals surface area contributed by atoms with E-state index in [0.717, 1.165) is 55.0 Å². The van der Waals surface area contributed by atoms with Crippen LogP contribution in [0.5, 0.6) is 0 Å². The molecular weight excluding hydrogens is 572 g/mol. The fourth-order valence-corrected chi connectivity index (χ4v) is 5.43. The van der Waals surface area contributed by atoms with Crippen LogP contribution in [-0.4, -0.2) is 48.0 Å². The van der Waals surface area contributed by atoms with Gasteiger partial charge in [-0.2, -0.15) is 0 Å². The van der Waals surface area contributed by atoms with Crippen molar-refractivity contribution in [3.8, 4) is 0 Å². The van der Waals surface area contributed by atoms with Crippen LogP contribution in [0.3, 0.4) is 0 Å². The average Bonchev–Trinajstić information content (AvgIpc) is 3.04. The number of para-hydroxylation sites is 4. The summed E-state index contributed by atoms with van der Waals surface area (Å²) in [5.41, 5.74) is 5.77. The molecule has 44 heavy (non-hydrogen) atoms. The van der Waals surface area contributed by atoms with Crippen LogP contribution >= 0.6 is 12.4 Å². The van der Waals surface area contributed by atoms with Gasteiger partial charge in [0.1, 0.15) is 0 Å². The van der Waals surface area contributed by atoms with Crippen molar-refractivity contribution in [2.24, 2.45) is 0 Å². The zero-order chi connectivity index (χ0) is 29.4. The molecule has 0 unspecified atom stereocenters. The summed E-state index contributed by atoms with van der Waals surface area (Å²) in [6, 6.07) is 32.2. The van der Waals surface area contributed by atoms with Gasteiger partial charge in [0.2, 0.25) is 11.8 Å². The lowest BCUT2D eigenvalue weighted by atomic mass is 10.1. The highest BCUT2D eigenvalue weighted by Crippen LogP contribution is 2.31. The minimum Gasteiger partial charge on any atom is -0.382 e. The van der Waals surface area contributed by atoms with Crippen molar-refractivity contribution in [3.05, 3.63) is 97.1 Å². The number of hydrogen-bond acceptors (Lipinski definition) is 6. The molecule has 0 saturated carbocycles. The molecular formula is C35H35ClN6O2. The minimum atomic E-state index is -0.0582. The number of nitrogens with one attached hydrogen (secondary N) is 4. The lowest BCUT2D eigenvalue weighted by molar-refractivity contribution is -0.122. The van der Waals surface area contributed by atoms with E-state index in [-0.39, 0.29) is 24.2 Å². The van der Waals surface area contributed by atoms with Crippen LogP contribution in [0, 0.1) is 0 Å². The number of fused-ring (bicyclic) bond motifs is 4. The summed E-state index contributed by atoms with van der Waals surface area (Å²) in [5.74, 6) is -0.116. The highest BCUT2D eigenvalue weighted by atomic mass is 35.5. The summed E-state index contributed by atoms with van der Waals surface area (Å²) in [6.07, 6.45) is 1.11. The van der Waals surface area contributed by atoms with E-state index in [1.54, 1.807) is 0 Å². The SMILES string of the molecule is Cl.O=C(CCCC(=O)NCCNc1c2ccccc2nc2ccccc12)NCCNc1c2ccccc2nc2ccccc12. The van der Waals surface area contributed by atoms with Crippen LogP contribution in [0.4, 0.5) is 11.4 Å². The summed E-state index contributed by atoms with van der Waals surface area (Å²) in [5, 5.41) is 17.1. The smallest absolute Gasteiger partial charge is 0.220 e. The van der Waals surface area contributed by atoms with E-state index >= 15 is 0 Å². The Morgan fingerprint density at radius 2 is 0.795 bits per heavy atom. The van der Waals surface area contributed by atoms with Gasteiger partial charge in [0, 0.05) is 60.6 Å². The van der Waals surface area contributed by atoms with E-state index in [9.17, 15) is 9.59 Å². The molecule has 8 nitrogen and oxygen atoms in total. The maximum Gasteiger partial charge on any atom is 0.220 e. The number of halogens is 1. The molecule has 9 heteroatoms. The minimum absolute atomic E-state index is 0. The highest BCUT2D eigenvalue weighted by Gasteiger charge is 2.10. The van der Waals surface area contributed by atoms with E-state index in [4.69, 9.17) is 9.97 Å². The zero-order valence-electron chi connectivity index (χ0n) is 24.3. The first-order chi connectivity index (χ1) is 21.2. The number of hydrogen-bond donors (Lipinski definition) is 4. The van der Waals surface area contributed by atoms with Crippen LogP contribution in [0.2, 0.25) is 0 Å². The van der Waals surface area contributed by atoms with Crippen molar-refractivity contribution in [1.29, 1.82) is 0 Å². The third kappa shape index (κ3) is 6.98. The first kappa shape index (κ1) is 30.5. The topological polar surface area (TPSA) is 108 Å². The third-order valence-electron chi connectivity index (χ3n) is 7.48. The molecule has 0 bridgehead atoms. The van der Waals surface area contributed by atoms with Crippen LogP contribution in [0.15, 0.2) is 97.1 Å². The van der Waals surface area contributed by atoms with Gasteiger partial charge in [0.25, 0.3) is 0 Å². The van der Waals surface area contributed by atoms with Crippen LogP contribution in [-0.2, 0) is 9.59 Å². The van der Waals surface area contributed by atoms with Gasteiger partial charge in [-0.1, -0.05) is 72.8 Å². The first-order valence-electron chi connectivity index (χ1n) is 14.7. The van der Waals surface area contributed by atoms with Gasteiger partial charge in [-0.25, -0.2) is 9.97 Å². The Hall–Kier alpha value is -4.95. The summed E-state index contributed by atoms with van der Waals surface area (Å²) < 4.78 is 0. The number of carbonyl (C=O) groups is 2. The van der Waals surface area contributed by atoms with Gasteiger partial charge in [-0.05, 0) is 30.7 Å². The number of benzene rings is 4.